The van der Waals surface area contributed by atoms with Gasteiger partial charge in [0.05, 0.1) is 12.2 Å². The first-order valence-corrected chi connectivity index (χ1v) is 12.4. The third kappa shape index (κ3) is 8.85. The molecule has 7 heteroatoms. The maximum Gasteiger partial charge on any atom is 0.197 e. The Kier molecular flexibility index (Phi) is 9.60. The molecule has 162 valence electrons. The van der Waals surface area contributed by atoms with E-state index in [-0.39, 0.29) is 18.4 Å². The van der Waals surface area contributed by atoms with Crippen LogP contribution in [0.5, 0.6) is 5.75 Å². The molecule has 1 aliphatic rings. The molecule has 6 unspecified atom stereocenters. The summed E-state index contributed by atoms with van der Waals surface area (Å²) in [4.78, 5) is 9.29. The number of ether oxygens (including phenoxy) is 1. The van der Waals surface area contributed by atoms with E-state index in [9.17, 15) is 24.8 Å². The average molecular weight is 424 g/mol. The summed E-state index contributed by atoms with van der Waals surface area (Å²) in [6.07, 6.45) is 7.82. The van der Waals surface area contributed by atoms with Crippen molar-refractivity contribution in [3.63, 3.8) is 0 Å². The molecule has 1 aromatic rings. The maximum atomic E-state index is 11.3. The van der Waals surface area contributed by atoms with Crippen LogP contribution in [0.3, 0.4) is 0 Å². The largest absolute Gasteiger partial charge is 0.491 e. The van der Waals surface area contributed by atoms with Gasteiger partial charge in [0.15, 0.2) is 7.37 Å². The number of aliphatic hydroxyl groups is 3. The molecule has 1 fully saturated rings. The molecule has 0 bridgehead atoms. The average Bonchev–Trinajstić information content (AvgIpc) is 2.93. The number of hydrogen-bond donors (Lipinski definition) is 4. The van der Waals surface area contributed by atoms with Crippen LogP contribution in [0.25, 0.3) is 0 Å². The fourth-order valence-corrected chi connectivity index (χ4v) is 4.36. The monoisotopic (exact) mass is 424 g/mol. The van der Waals surface area contributed by atoms with Crippen LogP contribution in [0.15, 0.2) is 54.6 Å². The predicted octanol–water partition coefficient (Wildman–Crippen LogP) is 2.97. The lowest BCUT2D eigenvalue weighted by Crippen LogP contribution is -2.21. The van der Waals surface area contributed by atoms with Gasteiger partial charge in [-0.3, -0.25) is 4.57 Å². The highest BCUT2D eigenvalue weighted by Crippen LogP contribution is 2.37. The van der Waals surface area contributed by atoms with Crippen LogP contribution in [0, 0.1) is 11.8 Å². The zero-order valence-corrected chi connectivity index (χ0v) is 17.8. The molecule has 1 saturated carbocycles. The predicted molar refractivity (Wildman–Crippen MR) is 114 cm³/mol. The summed E-state index contributed by atoms with van der Waals surface area (Å²) in [5.41, 5.74) is 0. The minimum atomic E-state index is -2.96. The van der Waals surface area contributed by atoms with Gasteiger partial charge in [0.2, 0.25) is 0 Å². The summed E-state index contributed by atoms with van der Waals surface area (Å²) in [6, 6.07) is 9.23. The zero-order chi connectivity index (χ0) is 21.3. The van der Waals surface area contributed by atoms with Crippen molar-refractivity contribution in [2.75, 3.05) is 19.4 Å². The number of allylic oxidation sites excluding steroid dienone is 2. The fraction of sp³-hybridized carbons (Fsp3) is 0.545. The normalized spacial score (nSPS) is 28.0. The minimum absolute atomic E-state index is 0.114. The standard InChI is InChI=1S/C22H33O6P/c1-29(26,27)14-8-3-2-7-11-19-20(22(25)15-21(19)24)13-12-17(23)16-28-18-9-5-4-6-10-18/h2,4-7,9-10,12-13,17,19-25H,3,8,11,14-16H2,1H3,(H,26,27)/b7-2+,13-12+. The Hall–Kier alpha value is -1.43. The second-order valence-electron chi connectivity index (χ2n) is 7.81. The van der Waals surface area contributed by atoms with Crippen molar-refractivity contribution in [1.82, 2.24) is 0 Å². The molecule has 0 aliphatic heterocycles. The molecule has 0 saturated heterocycles. The van der Waals surface area contributed by atoms with E-state index in [0.29, 0.717) is 37.6 Å². The number of hydrogen-bond acceptors (Lipinski definition) is 5. The first kappa shape index (κ1) is 23.8. The van der Waals surface area contributed by atoms with Gasteiger partial charge in [-0.1, -0.05) is 42.5 Å². The van der Waals surface area contributed by atoms with Gasteiger partial charge in [0, 0.05) is 25.2 Å². The molecule has 6 nitrogen and oxygen atoms in total. The molecule has 1 aromatic carbocycles. The van der Waals surface area contributed by atoms with Gasteiger partial charge in [0.25, 0.3) is 0 Å². The Morgan fingerprint density at radius 3 is 2.62 bits per heavy atom. The van der Waals surface area contributed by atoms with E-state index in [1.54, 1.807) is 12.2 Å². The van der Waals surface area contributed by atoms with Gasteiger partial charge >= 0.3 is 0 Å². The first-order chi connectivity index (χ1) is 13.8. The number of para-hydroxylation sites is 1. The Morgan fingerprint density at radius 2 is 1.93 bits per heavy atom. The highest BCUT2D eigenvalue weighted by Gasteiger charge is 2.39. The molecule has 2 rings (SSSR count). The van der Waals surface area contributed by atoms with E-state index in [1.165, 1.54) is 6.66 Å². The zero-order valence-electron chi connectivity index (χ0n) is 16.9. The summed E-state index contributed by atoms with van der Waals surface area (Å²) < 4.78 is 16.8. The lowest BCUT2D eigenvalue weighted by atomic mass is 9.89. The Balaban J connectivity index is 1.81. The summed E-state index contributed by atoms with van der Waals surface area (Å²) in [7, 11) is -2.96. The minimum Gasteiger partial charge on any atom is -0.491 e. The molecule has 0 amide bonds. The Morgan fingerprint density at radius 1 is 1.21 bits per heavy atom. The van der Waals surface area contributed by atoms with Gasteiger partial charge in [-0.2, -0.15) is 0 Å². The third-order valence-electron chi connectivity index (χ3n) is 5.15. The van der Waals surface area contributed by atoms with Gasteiger partial charge in [-0.25, -0.2) is 0 Å². The van der Waals surface area contributed by atoms with Crippen molar-refractivity contribution in [1.29, 1.82) is 0 Å². The molecular formula is C22H33O6P. The van der Waals surface area contributed by atoms with E-state index in [0.717, 1.165) is 0 Å². The highest BCUT2D eigenvalue weighted by atomic mass is 31.2. The van der Waals surface area contributed by atoms with E-state index in [1.807, 2.05) is 42.5 Å². The molecule has 4 N–H and O–H groups in total. The van der Waals surface area contributed by atoms with Crippen LogP contribution >= 0.6 is 7.37 Å². The Labute approximate surface area is 173 Å². The van der Waals surface area contributed by atoms with E-state index in [4.69, 9.17) is 4.74 Å². The van der Waals surface area contributed by atoms with Gasteiger partial charge in [-0.15, -0.1) is 0 Å². The van der Waals surface area contributed by atoms with Gasteiger partial charge in [0.1, 0.15) is 18.5 Å². The molecule has 0 radical (unpaired) electrons. The van der Waals surface area contributed by atoms with Crippen molar-refractivity contribution < 1.29 is 29.5 Å². The quantitative estimate of drug-likeness (QED) is 0.247. The van der Waals surface area contributed by atoms with Crippen LogP contribution in [0.1, 0.15) is 25.7 Å². The van der Waals surface area contributed by atoms with Gasteiger partial charge < -0.3 is 24.9 Å². The summed E-state index contributed by atoms with van der Waals surface area (Å²) in [5, 5.41) is 30.7. The number of rotatable bonds is 11. The lowest BCUT2D eigenvalue weighted by molar-refractivity contribution is 0.120. The van der Waals surface area contributed by atoms with E-state index < -0.39 is 25.7 Å². The fourth-order valence-electron chi connectivity index (χ4n) is 3.59. The van der Waals surface area contributed by atoms with Crippen molar-refractivity contribution in [3.8, 4) is 5.75 Å². The molecule has 0 aromatic heterocycles. The molecule has 0 spiro atoms. The molecule has 29 heavy (non-hydrogen) atoms. The molecule has 0 heterocycles. The van der Waals surface area contributed by atoms with Crippen LogP contribution in [0.4, 0.5) is 0 Å². The second kappa shape index (κ2) is 11.7. The Bertz CT molecular complexity index is 699. The number of aliphatic hydroxyl groups excluding tert-OH is 3. The van der Waals surface area contributed by atoms with Crippen LogP contribution in [0.2, 0.25) is 0 Å². The maximum absolute atomic E-state index is 11.3. The summed E-state index contributed by atoms with van der Waals surface area (Å²) in [6.45, 7) is 1.48. The second-order valence-corrected chi connectivity index (χ2v) is 10.4. The SMILES string of the molecule is CP(=O)(O)CCC/C=C/CC1C(O)CC(O)C1/C=C/C(O)COc1ccccc1. The van der Waals surface area contributed by atoms with Crippen molar-refractivity contribution in [2.45, 2.75) is 44.0 Å². The van der Waals surface area contributed by atoms with E-state index in [2.05, 4.69) is 0 Å². The van der Waals surface area contributed by atoms with E-state index >= 15 is 0 Å². The van der Waals surface area contributed by atoms with Crippen LogP contribution < -0.4 is 4.74 Å². The highest BCUT2D eigenvalue weighted by molar-refractivity contribution is 7.57. The summed E-state index contributed by atoms with van der Waals surface area (Å²) in [5.74, 6) is 0.309. The van der Waals surface area contributed by atoms with Crippen LogP contribution in [-0.2, 0) is 4.57 Å². The smallest absolute Gasteiger partial charge is 0.197 e. The van der Waals surface area contributed by atoms with Gasteiger partial charge in [-0.05, 0) is 37.3 Å². The molecular weight excluding hydrogens is 391 g/mol. The topological polar surface area (TPSA) is 107 Å². The van der Waals surface area contributed by atoms with Crippen molar-refractivity contribution in [2.24, 2.45) is 11.8 Å². The first-order valence-electron chi connectivity index (χ1n) is 10.1. The van der Waals surface area contributed by atoms with Crippen LogP contribution in [-0.4, -0.2) is 58.0 Å². The molecule has 6 atom stereocenters. The lowest BCUT2D eigenvalue weighted by Gasteiger charge is -2.19. The number of unbranched alkanes of at least 4 members (excludes halogenated alkanes) is 1. The van der Waals surface area contributed by atoms with Crippen molar-refractivity contribution in [3.05, 3.63) is 54.6 Å². The van der Waals surface area contributed by atoms with Crippen molar-refractivity contribution >= 4 is 7.37 Å². The molecule has 1 aliphatic carbocycles. The summed E-state index contributed by atoms with van der Waals surface area (Å²) >= 11 is 0. The third-order valence-corrected chi connectivity index (χ3v) is 6.30. The number of benzene rings is 1.